The first-order chi connectivity index (χ1) is 9.38. The molecule has 0 bridgehead atoms. The van der Waals surface area contributed by atoms with Crippen molar-refractivity contribution in [1.29, 1.82) is 0 Å². The lowest BCUT2D eigenvalue weighted by Crippen LogP contribution is -2.43. The first-order valence-electron chi connectivity index (χ1n) is 7.13. The molecule has 1 aliphatic heterocycles. The van der Waals surface area contributed by atoms with Crippen LogP contribution in [0.25, 0.3) is 11.0 Å². The first-order valence-corrected chi connectivity index (χ1v) is 7.13. The minimum Gasteiger partial charge on any atom is -0.379 e. The van der Waals surface area contributed by atoms with Gasteiger partial charge < -0.3 is 14.6 Å². The molecule has 4 nitrogen and oxygen atoms in total. The summed E-state index contributed by atoms with van der Waals surface area (Å²) in [4.78, 5) is 4.79. The van der Waals surface area contributed by atoms with Crippen LogP contribution in [-0.2, 0) is 17.7 Å². The molecule has 1 fully saturated rings. The van der Waals surface area contributed by atoms with Crippen LogP contribution in [0, 0.1) is 0 Å². The zero-order valence-corrected chi connectivity index (χ0v) is 11.4. The lowest BCUT2D eigenvalue weighted by Gasteiger charge is -2.23. The van der Waals surface area contributed by atoms with Gasteiger partial charge in [0.1, 0.15) is 5.82 Å². The van der Waals surface area contributed by atoms with Gasteiger partial charge in [-0.3, -0.25) is 0 Å². The quantitative estimate of drug-likeness (QED) is 0.912. The Labute approximate surface area is 113 Å². The molecule has 0 radical (unpaired) electrons. The number of rotatable bonds is 4. The largest absolute Gasteiger partial charge is 0.379 e. The molecule has 19 heavy (non-hydrogen) atoms. The third-order valence-corrected chi connectivity index (χ3v) is 3.61. The van der Waals surface area contributed by atoms with Crippen molar-refractivity contribution in [2.24, 2.45) is 0 Å². The predicted molar refractivity (Wildman–Crippen MR) is 76.3 cm³/mol. The Bertz CT molecular complexity index is 543. The normalized spacial score (nSPS) is 19.9. The van der Waals surface area contributed by atoms with E-state index in [1.807, 2.05) is 0 Å². The van der Waals surface area contributed by atoms with Crippen LogP contribution in [0.3, 0.4) is 0 Å². The molecule has 2 aromatic rings. The van der Waals surface area contributed by atoms with Gasteiger partial charge in [0, 0.05) is 25.6 Å². The molecule has 1 unspecified atom stereocenters. The van der Waals surface area contributed by atoms with Gasteiger partial charge in [-0.2, -0.15) is 0 Å². The third-order valence-electron chi connectivity index (χ3n) is 3.61. The Morgan fingerprint density at radius 2 is 2.32 bits per heavy atom. The second kappa shape index (κ2) is 5.72. The summed E-state index contributed by atoms with van der Waals surface area (Å²) >= 11 is 0. The van der Waals surface area contributed by atoms with E-state index in [0.717, 1.165) is 44.7 Å². The highest BCUT2D eigenvalue weighted by Gasteiger charge is 2.18. The number of benzene rings is 1. The molecule has 0 saturated carbocycles. The van der Waals surface area contributed by atoms with Crippen LogP contribution in [0.4, 0.5) is 0 Å². The summed E-state index contributed by atoms with van der Waals surface area (Å²) in [6.07, 6.45) is 2.07. The number of hydrogen-bond acceptors (Lipinski definition) is 3. The van der Waals surface area contributed by atoms with Crippen molar-refractivity contribution < 1.29 is 4.74 Å². The molecule has 0 amide bonds. The van der Waals surface area contributed by atoms with Crippen molar-refractivity contribution in [2.45, 2.75) is 32.4 Å². The minimum absolute atomic E-state index is 0.390. The van der Waals surface area contributed by atoms with Crippen molar-refractivity contribution >= 4 is 11.0 Å². The monoisotopic (exact) mass is 259 g/mol. The molecule has 2 heterocycles. The number of nitrogens with one attached hydrogen (secondary N) is 1. The van der Waals surface area contributed by atoms with Gasteiger partial charge in [0.2, 0.25) is 0 Å². The van der Waals surface area contributed by atoms with Crippen LogP contribution in [0.1, 0.15) is 19.2 Å². The molecule has 102 valence electrons. The van der Waals surface area contributed by atoms with Gasteiger partial charge in [-0.15, -0.1) is 0 Å². The molecular formula is C15H21N3O. The zero-order valence-electron chi connectivity index (χ0n) is 11.4. The topological polar surface area (TPSA) is 39.1 Å². The smallest absolute Gasteiger partial charge is 0.111 e. The molecule has 0 aliphatic carbocycles. The lowest BCUT2D eigenvalue weighted by molar-refractivity contribution is 0.0761. The van der Waals surface area contributed by atoms with Crippen LogP contribution in [0.15, 0.2) is 24.3 Å². The molecule has 1 atom stereocenters. The minimum atomic E-state index is 0.390. The van der Waals surface area contributed by atoms with Gasteiger partial charge in [-0.25, -0.2) is 4.98 Å². The number of fused-ring (bicyclic) bond motifs is 1. The number of nitrogens with zero attached hydrogens (tertiary/aromatic N) is 2. The fraction of sp³-hybridized carbons (Fsp3) is 0.533. The van der Waals surface area contributed by atoms with E-state index in [-0.39, 0.29) is 0 Å². The Kier molecular flexibility index (Phi) is 3.80. The molecule has 1 aromatic carbocycles. The Hall–Kier alpha value is -1.39. The second-order valence-corrected chi connectivity index (χ2v) is 5.10. The van der Waals surface area contributed by atoms with E-state index in [2.05, 4.69) is 41.1 Å². The van der Waals surface area contributed by atoms with Crippen LogP contribution >= 0.6 is 0 Å². The van der Waals surface area contributed by atoms with Gasteiger partial charge in [0.15, 0.2) is 0 Å². The van der Waals surface area contributed by atoms with E-state index in [0.29, 0.717) is 6.04 Å². The van der Waals surface area contributed by atoms with E-state index < -0.39 is 0 Å². The Morgan fingerprint density at radius 3 is 3.11 bits per heavy atom. The van der Waals surface area contributed by atoms with Crippen LogP contribution < -0.4 is 5.32 Å². The second-order valence-electron chi connectivity index (χ2n) is 5.10. The summed E-state index contributed by atoms with van der Waals surface area (Å²) < 4.78 is 7.88. The maximum Gasteiger partial charge on any atom is 0.111 e. The van der Waals surface area contributed by atoms with Crippen LogP contribution in [0.2, 0.25) is 0 Å². The molecular weight excluding hydrogens is 238 g/mol. The number of morpholine rings is 1. The van der Waals surface area contributed by atoms with E-state index in [1.165, 1.54) is 11.3 Å². The van der Waals surface area contributed by atoms with Crippen molar-refractivity contribution in [2.75, 3.05) is 19.8 Å². The highest BCUT2D eigenvalue weighted by atomic mass is 16.5. The van der Waals surface area contributed by atoms with E-state index >= 15 is 0 Å². The zero-order chi connectivity index (χ0) is 13.1. The van der Waals surface area contributed by atoms with Crippen LogP contribution in [-0.4, -0.2) is 35.4 Å². The summed E-state index contributed by atoms with van der Waals surface area (Å²) in [5, 5.41) is 3.50. The predicted octanol–water partition coefficient (Wildman–Crippen LogP) is 1.98. The Balaban J connectivity index is 1.90. The lowest BCUT2D eigenvalue weighted by atomic mass is 10.2. The highest BCUT2D eigenvalue weighted by Crippen LogP contribution is 2.18. The van der Waals surface area contributed by atoms with E-state index in [4.69, 9.17) is 9.72 Å². The molecule has 1 aromatic heterocycles. The summed E-state index contributed by atoms with van der Waals surface area (Å²) in [5.41, 5.74) is 2.35. The molecule has 0 spiro atoms. The number of para-hydroxylation sites is 2. The average molecular weight is 259 g/mol. The molecule has 4 heteroatoms. The molecule has 1 aliphatic rings. The van der Waals surface area contributed by atoms with Crippen molar-refractivity contribution in [3.63, 3.8) is 0 Å². The number of aromatic nitrogens is 2. The van der Waals surface area contributed by atoms with Gasteiger partial charge in [-0.1, -0.05) is 19.1 Å². The van der Waals surface area contributed by atoms with E-state index in [1.54, 1.807) is 0 Å². The number of aryl methyl sites for hydroxylation is 1. The molecule has 3 rings (SSSR count). The third kappa shape index (κ3) is 2.65. The fourth-order valence-electron chi connectivity index (χ4n) is 2.73. The van der Waals surface area contributed by atoms with Crippen molar-refractivity contribution in [3.8, 4) is 0 Å². The Morgan fingerprint density at radius 1 is 1.42 bits per heavy atom. The molecule has 1 N–H and O–H groups in total. The van der Waals surface area contributed by atoms with Gasteiger partial charge in [0.05, 0.1) is 24.2 Å². The summed E-state index contributed by atoms with van der Waals surface area (Å²) in [6.45, 7) is 5.79. The summed E-state index contributed by atoms with van der Waals surface area (Å²) in [5.74, 6) is 1.17. The van der Waals surface area contributed by atoms with Crippen molar-refractivity contribution in [3.05, 3.63) is 30.1 Å². The number of imidazole rings is 1. The van der Waals surface area contributed by atoms with Gasteiger partial charge in [0.25, 0.3) is 0 Å². The average Bonchev–Trinajstić information content (AvgIpc) is 2.79. The van der Waals surface area contributed by atoms with Gasteiger partial charge in [-0.05, 0) is 18.6 Å². The SMILES string of the molecule is CCCn1c(CC2COCCN2)nc2ccccc21. The standard InChI is InChI=1S/C15H21N3O/c1-2-8-18-14-6-4-3-5-13(14)17-15(18)10-12-11-19-9-7-16-12/h3-6,12,16H,2,7-11H2,1H3. The summed E-state index contributed by atoms with van der Waals surface area (Å²) in [6, 6.07) is 8.78. The molecule has 1 saturated heterocycles. The van der Waals surface area contributed by atoms with Crippen LogP contribution in [0.5, 0.6) is 0 Å². The number of ether oxygens (including phenoxy) is 1. The first kappa shape index (κ1) is 12.6. The van der Waals surface area contributed by atoms with Crippen molar-refractivity contribution in [1.82, 2.24) is 14.9 Å². The fourth-order valence-corrected chi connectivity index (χ4v) is 2.73. The summed E-state index contributed by atoms with van der Waals surface area (Å²) in [7, 11) is 0. The maximum atomic E-state index is 5.53. The van der Waals surface area contributed by atoms with E-state index in [9.17, 15) is 0 Å². The number of hydrogen-bond donors (Lipinski definition) is 1. The van der Waals surface area contributed by atoms with Gasteiger partial charge >= 0.3 is 0 Å². The maximum absolute atomic E-state index is 5.53. The highest BCUT2D eigenvalue weighted by molar-refractivity contribution is 5.75.